The minimum Gasteiger partial charge on any atom is -0.373 e. The van der Waals surface area contributed by atoms with Crippen LogP contribution in [0.15, 0.2) is 30.6 Å². The van der Waals surface area contributed by atoms with E-state index in [1.807, 2.05) is 7.05 Å². The molecule has 4 heteroatoms. The molecule has 0 unspecified atom stereocenters. The molecular weight excluding hydrogens is 236 g/mol. The van der Waals surface area contributed by atoms with Gasteiger partial charge in [0.1, 0.15) is 18.0 Å². The number of nitrogens with zero attached hydrogens (tertiary/aromatic N) is 3. The Morgan fingerprint density at radius 2 is 2.11 bits per heavy atom. The average molecular weight is 254 g/mol. The van der Waals surface area contributed by atoms with Crippen molar-refractivity contribution < 1.29 is 0 Å². The van der Waals surface area contributed by atoms with Gasteiger partial charge in [-0.25, -0.2) is 9.97 Å². The monoisotopic (exact) mass is 254 g/mol. The molecule has 2 aromatic rings. The molecule has 1 N–H and O–H groups in total. The van der Waals surface area contributed by atoms with Gasteiger partial charge in [0, 0.05) is 24.8 Å². The zero-order valence-electron chi connectivity index (χ0n) is 11.3. The molecule has 1 aliphatic rings. The van der Waals surface area contributed by atoms with Gasteiger partial charge < -0.3 is 10.2 Å². The molecule has 19 heavy (non-hydrogen) atoms. The number of hydrogen-bond acceptors (Lipinski definition) is 4. The second kappa shape index (κ2) is 4.88. The molecule has 1 aromatic heterocycles. The van der Waals surface area contributed by atoms with E-state index in [1.165, 1.54) is 16.8 Å². The molecule has 0 aliphatic carbocycles. The zero-order valence-corrected chi connectivity index (χ0v) is 11.3. The van der Waals surface area contributed by atoms with E-state index in [4.69, 9.17) is 0 Å². The van der Waals surface area contributed by atoms with Crippen molar-refractivity contribution in [3.8, 4) is 0 Å². The van der Waals surface area contributed by atoms with Gasteiger partial charge in [-0.15, -0.1) is 0 Å². The highest BCUT2D eigenvalue weighted by Crippen LogP contribution is 2.36. The summed E-state index contributed by atoms with van der Waals surface area (Å²) in [5.41, 5.74) is 3.86. The Labute approximate surface area is 113 Å². The SMILES string of the molecule is CCc1c(NC)ncnc1N1CCc2ccccc21. The van der Waals surface area contributed by atoms with E-state index in [2.05, 4.69) is 51.4 Å². The molecule has 0 saturated heterocycles. The molecule has 0 spiro atoms. The summed E-state index contributed by atoms with van der Waals surface area (Å²) < 4.78 is 0. The second-order valence-electron chi connectivity index (χ2n) is 4.66. The number of nitrogens with one attached hydrogen (secondary N) is 1. The third-order valence-corrected chi connectivity index (χ3v) is 3.66. The van der Waals surface area contributed by atoms with E-state index < -0.39 is 0 Å². The van der Waals surface area contributed by atoms with Gasteiger partial charge in [0.05, 0.1) is 0 Å². The van der Waals surface area contributed by atoms with Crippen LogP contribution in [0.5, 0.6) is 0 Å². The van der Waals surface area contributed by atoms with Crippen LogP contribution in [0.1, 0.15) is 18.1 Å². The Balaban J connectivity index is 2.09. The van der Waals surface area contributed by atoms with Gasteiger partial charge in [-0.1, -0.05) is 25.1 Å². The summed E-state index contributed by atoms with van der Waals surface area (Å²) in [6.45, 7) is 3.14. The third kappa shape index (κ3) is 1.93. The summed E-state index contributed by atoms with van der Waals surface area (Å²) in [6.07, 6.45) is 3.64. The summed E-state index contributed by atoms with van der Waals surface area (Å²) in [5, 5.41) is 3.16. The number of hydrogen-bond donors (Lipinski definition) is 1. The summed E-state index contributed by atoms with van der Waals surface area (Å²) in [7, 11) is 1.91. The van der Waals surface area contributed by atoms with Crippen LogP contribution >= 0.6 is 0 Å². The molecule has 0 fully saturated rings. The minimum atomic E-state index is 0.922. The van der Waals surface area contributed by atoms with Gasteiger partial charge in [0.2, 0.25) is 0 Å². The molecule has 0 bridgehead atoms. The normalized spacial score (nSPS) is 13.5. The largest absolute Gasteiger partial charge is 0.373 e. The van der Waals surface area contributed by atoms with Crippen LogP contribution in [0.4, 0.5) is 17.3 Å². The lowest BCUT2D eigenvalue weighted by molar-refractivity contribution is 0.936. The molecule has 0 radical (unpaired) electrons. The van der Waals surface area contributed by atoms with Gasteiger partial charge in [-0.2, -0.15) is 0 Å². The van der Waals surface area contributed by atoms with Crippen molar-refractivity contribution in [2.75, 3.05) is 23.8 Å². The van der Waals surface area contributed by atoms with Gasteiger partial charge in [-0.3, -0.25) is 0 Å². The van der Waals surface area contributed by atoms with Crippen molar-refractivity contribution >= 4 is 17.3 Å². The van der Waals surface area contributed by atoms with E-state index in [1.54, 1.807) is 6.33 Å². The fraction of sp³-hybridized carbons (Fsp3) is 0.333. The third-order valence-electron chi connectivity index (χ3n) is 3.66. The quantitative estimate of drug-likeness (QED) is 0.914. The topological polar surface area (TPSA) is 41.1 Å². The fourth-order valence-corrected chi connectivity index (χ4v) is 2.73. The van der Waals surface area contributed by atoms with Crippen LogP contribution in [0.2, 0.25) is 0 Å². The van der Waals surface area contributed by atoms with Gasteiger partial charge in [0.15, 0.2) is 0 Å². The summed E-state index contributed by atoms with van der Waals surface area (Å²) in [6, 6.07) is 8.55. The van der Waals surface area contributed by atoms with Crippen LogP contribution in [-0.2, 0) is 12.8 Å². The molecule has 0 amide bonds. The summed E-state index contributed by atoms with van der Waals surface area (Å²) in [4.78, 5) is 11.1. The van der Waals surface area contributed by atoms with Crippen LogP contribution in [0.25, 0.3) is 0 Å². The first-order valence-electron chi connectivity index (χ1n) is 6.72. The molecule has 3 rings (SSSR count). The number of aromatic nitrogens is 2. The Hall–Kier alpha value is -2.10. The predicted molar refractivity (Wildman–Crippen MR) is 78.1 cm³/mol. The van der Waals surface area contributed by atoms with Crippen LogP contribution in [-0.4, -0.2) is 23.6 Å². The van der Waals surface area contributed by atoms with Crippen LogP contribution < -0.4 is 10.2 Å². The van der Waals surface area contributed by atoms with E-state index in [0.717, 1.165) is 31.0 Å². The minimum absolute atomic E-state index is 0.922. The number of rotatable bonds is 3. The highest BCUT2D eigenvalue weighted by atomic mass is 15.2. The first-order chi connectivity index (χ1) is 9.35. The van der Waals surface area contributed by atoms with E-state index in [0.29, 0.717) is 0 Å². The smallest absolute Gasteiger partial charge is 0.141 e. The second-order valence-corrected chi connectivity index (χ2v) is 4.66. The van der Waals surface area contributed by atoms with Gasteiger partial charge in [-0.05, 0) is 24.5 Å². The summed E-state index contributed by atoms with van der Waals surface area (Å²) >= 11 is 0. The lowest BCUT2D eigenvalue weighted by Gasteiger charge is -2.22. The molecule has 4 nitrogen and oxygen atoms in total. The average Bonchev–Trinajstić information content (AvgIpc) is 2.90. The molecule has 0 saturated carbocycles. The Bertz CT molecular complexity index is 594. The zero-order chi connectivity index (χ0) is 13.2. The first-order valence-corrected chi connectivity index (χ1v) is 6.72. The van der Waals surface area contributed by atoms with Crippen molar-refractivity contribution in [3.05, 3.63) is 41.7 Å². The maximum atomic E-state index is 4.51. The highest BCUT2D eigenvalue weighted by molar-refractivity contribution is 5.72. The summed E-state index contributed by atoms with van der Waals surface area (Å²) in [5.74, 6) is 1.96. The number of benzene rings is 1. The highest BCUT2D eigenvalue weighted by Gasteiger charge is 2.23. The van der Waals surface area contributed by atoms with Crippen molar-refractivity contribution in [3.63, 3.8) is 0 Å². The van der Waals surface area contributed by atoms with E-state index >= 15 is 0 Å². The standard InChI is InChI=1S/C15H18N4/c1-3-12-14(16-2)17-10-18-15(12)19-9-8-11-6-4-5-7-13(11)19/h4-7,10H,3,8-9H2,1-2H3,(H,16,17,18). The Morgan fingerprint density at radius 3 is 2.89 bits per heavy atom. The van der Waals surface area contributed by atoms with Crippen LogP contribution in [0, 0.1) is 0 Å². The fourth-order valence-electron chi connectivity index (χ4n) is 2.73. The lowest BCUT2D eigenvalue weighted by atomic mass is 10.1. The molecule has 2 heterocycles. The molecule has 0 atom stereocenters. The predicted octanol–water partition coefficient (Wildman–Crippen LogP) is 2.77. The van der Waals surface area contributed by atoms with Crippen LogP contribution in [0.3, 0.4) is 0 Å². The van der Waals surface area contributed by atoms with Gasteiger partial charge in [0.25, 0.3) is 0 Å². The number of fused-ring (bicyclic) bond motifs is 1. The lowest BCUT2D eigenvalue weighted by Crippen LogP contribution is -2.18. The first kappa shape index (κ1) is 12.0. The Morgan fingerprint density at radius 1 is 1.26 bits per heavy atom. The molecular formula is C15H18N4. The maximum absolute atomic E-state index is 4.51. The number of anilines is 3. The molecule has 98 valence electrons. The van der Waals surface area contributed by atoms with Crippen molar-refractivity contribution in [2.24, 2.45) is 0 Å². The van der Waals surface area contributed by atoms with Crippen molar-refractivity contribution in [2.45, 2.75) is 19.8 Å². The van der Waals surface area contributed by atoms with Crippen molar-refractivity contribution in [1.29, 1.82) is 0 Å². The van der Waals surface area contributed by atoms with E-state index in [9.17, 15) is 0 Å². The maximum Gasteiger partial charge on any atom is 0.141 e. The number of para-hydroxylation sites is 1. The molecule has 1 aromatic carbocycles. The molecule has 1 aliphatic heterocycles. The van der Waals surface area contributed by atoms with Crippen molar-refractivity contribution in [1.82, 2.24) is 9.97 Å². The van der Waals surface area contributed by atoms with E-state index in [-0.39, 0.29) is 0 Å². The Kier molecular flexibility index (Phi) is 3.07. The van der Waals surface area contributed by atoms with Gasteiger partial charge >= 0.3 is 0 Å².